The van der Waals surface area contributed by atoms with Crippen LogP contribution in [0.4, 0.5) is 11.4 Å². The minimum Gasteiger partial charge on any atom is -0.444 e. The summed E-state index contributed by atoms with van der Waals surface area (Å²) in [6.07, 6.45) is 1.35. The molecular weight excluding hydrogens is 442 g/mol. The largest absolute Gasteiger partial charge is 0.444 e. The van der Waals surface area contributed by atoms with E-state index in [2.05, 4.69) is 26.6 Å². The van der Waals surface area contributed by atoms with Crippen LogP contribution in [-0.4, -0.2) is 16.7 Å². The zero-order chi connectivity index (χ0) is 20.8. The Bertz CT molecular complexity index is 1090. The molecule has 0 spiro atoms. The number of non-ortho nitro benzene ring substituents is 1. The van der Waals surface area contributed by atoms with Gasteiger partial charge in [-0.2, -0.15) is 0 Å². The number of carbonyl (C=O) groups excluding carboxylic acids is 2. The maximum absolute atomic E-state index is 12.7. The molecule has 0 saturated carbocycles. The Labute approximate surface area is 173 Å². The standard InChI is InChI=1S/C20H14BrN3O5/c21-18-10-9-17(29-18)20(26)23-16(19(25)22-14-6-2-1-3-7-14)12-13-5-4-8-15(11-13)24(27)28/h1-12H,(H,22,25)(H,23,26)/b16-12+. The molecule has 0 radical (unpaired) electrons. The van der Waals surface area contributed by atoms with Gasteiger partial charge in [0.15, 0.2) is 10.4 Å². The van der Waals surface area contributed by atoms with Gasteiger partial charge in [0.1, 0.15) is 5.70 Å². The van der Waals surface area contributed by atoms with Crippen molar-refractivity contribution in [3.63, 3.8) is 0 Å². The van der Waals surface area contributed by atoms with Crippen LogP contribution in [0.3, 0.4) is 0 Å². The average molecular weight is 456 g/mol. The van der Waals surface area contributed by atoms with Gasteiger partial charge in [-0.1, -0.05) is 30.3 Å². The molecule has 0 atom stereocenters. The fourth-order valence-corrected chi connectivity index (χ4v) is 2.70. The fraction of sp³-hybridized carbons (Fsp3) is 0. The molecule has 0 unspecified atom stereocenters. The quantitative estimate of drug-likeness (QED) is 0.325. The number of para-hydroxylation sites is 1. The first kappa shape index (κ1) is 20.0. The highest BCUT2D eigenvalue weighted by Gasteiger charge is 2.18. The van der Waals surface area contributed by atoms with Gasteiger partial charge in [-0.25, -0.2) is 0 Å². The summed E-state index contributed by atoms with van der Waals surface area (Å²) < 4.78 is 5.56. The maximum atomic E-state index is 12.7. The maximum Gasteiger partial charge on any atom is 0.291 e. The van der Waals surface area contributed by atoms with Crippen molar-refractivity contribution in [2.45, 2.75) is 0 Å². The number of hydrogen-bond donors (Lipinski definition) is 2. The topological polar surface area (TPSA) is 114 Å². The molecular formula is C20H14BrN3O5. The molecule has 2 amide bonds. The van der Waals surface area contributed by atoms with Crippen LogP contribution in [0.1, 0.15) is 16.1 Å². The number of carbonyl (C=O) groups is 2. The molecule has 0 aliphatic heterocycles. The van der Waals surface area contributed by atoms with Gasteiger partial charge < -0.3 is 15.1 Å². The number of nitrogens with zero attached hydrogens (tertiary/aromatic N) is 1. The lowest BCUT2D eigenvalue weighted by molar-refractivity contribution is -0.384. The van der Waals surface area contributed by atoms with Gasteiger partial charge in [0.2, 0.25) is 0 Å². The third-order valence-electron chi connectivity index (χ3n) is 3.71. The van der Waals surface area contributed by atoms with E-state index in [1.165, 1.54) is 30.3 Å². The van der Waals surface area contributed by atoms with E-state index in [0.717, 1.165) is 0 Å². The van der Waals surface area contributed by atoms with Crippen LogP contribution < -0.4 is 10.6 Å². The molecule has 1 heterocycles. The van der Waals surface area contributed by atoms with Crippen molar-refractivity contribution in [2.24, 2.45) is 0 Å². The number of nitrogens with one attached hydrogen (secondary N) is 2. The van der Waals surface area contributed by atoms with E-state index in [4.69, 9.17) is 4.42 Å². The molecule has 2 aromatic carbocycles. The van der Waals surface area contributed by atoms with Crippen molar-refractivity contribution >= 4 is 45.2 Å². The zero-order valence-corrected chi connectivity index (χ0v) is 16.4. The second kappa shape index (κ2) is 8.98. The number of nitro benzene ring substituents is 1. The van der Waals surface area contributed by atoms with Crippen molar-refractivity contribution < 1.29 is 18.9 Å². The van der Waals surface area contributed by atoms with E-state index in [1.807, 2.05) is 0 Å². The van der Waals surface area contributed by atoms with Crippen molar-refractivity contribution in [1.29, 1.82) is 0 Å². The minimum absolute atomic E-state index is 0.00525. The number of nitro groups is 1. The molecule has 3 rings (SSSR count). The van der Waals surface area contributed by atoms with Crippen LogP contribution in [0.15, 0.2) is 81.5 Å². The minimum atomic E-state index is -0.643. The van der Waals surface area contributed by atoms with Gasteiger partial charge in [-0.3, -0.25) is 19.7 Å². The molecule has 9 heteroatoms. The number of benzene rings is 2. The number of amides is 2. The number of furan rings is 1. The van der Waals surface area contributed by atoms with Gasteiger partial charge in [-0.05, 0) is 51.8 Å². The zero-order valence-electron chi connectivity index (χ0n) is 14.8. The molecule has 3 aromatic rings. The van der Waals surface area contributed by atoms with Crippen LogP contribution in [0, 0.1) is 10.1 Å². The number of halogens is 1. The summed E-state index contributed by atoms with van der Waals surface area (Å²) >= 11 is 3.11. The van der Waals surface area contributed by atoms with E-state index >= 15 is 0 Å². The SMILES string of the molecule is O=C(Nc1ccccc1)/C(=C\c1cccc([N+](=O)[O-])c1)NC(=O)c1ccc(Br)o1. The average Bonchev–Trinajstić information content (AvgIpc) is 3.15. The number of anilines is 1. The lowest BCUT2D eigenvalue weighted by Crippen LogP contribution is -2.30. The lowest BCUT2D eigenvalue weighted by atomic mass is 10.1. The summed E-state index contributed by atoms with van der Waals surface area (Å²) in [5.41, 5.74) is 0.658. The van der Waals surface area contributed by atoms with Crippen LogP contribution in [0.5, 0.6) is 0 Å². The molecule has 0 fully saturated rings. The highest BCUT2D eigenvalue weighted by atomic mass is 79.9. The molecule has 1 aromatic heterocycles. The lowest BCUT2D eigenvalue weighted by Gasteiger charge is -2.10. The summed E-state index contributed by atoms with van der Waals surface area (Å²) in [4.78, 5) is 35.6. The number of hydrogen-bond acceptors (Lipinski definition) is 5. The molecule has 8 nitrogen and oxygen atoms in total. The smallest absolute Gasteiger partial charge is 0.291 e. The summed E-state index contributed by atoms with van der Waals surface area (Å²) in [5, 5.41) is 16.2. The summed E-state index contributed by atoms with van der Waals surface area (Å²) in [6, 6.07) is 17.4. The van der Waals surface area contributed by atoms with E-state index in [0.29, 0.717) is 15.9 Å². The fourth-order valence-electron chi connectivity index (χ4n) is 2.39. The highest BCUT2D eigenvalue weighted by Crippen LogP contribution is 2.18. The predicted molar refractivity (Wildman–Crippen MR) is 110 cm³/mol. The van der Waals surface area contributed by atoms with Gasteiger partial charge in [0, 0.05) is 17.8 Å². The first-order valence-electron chi connectivity index (χ1n) is 8.31. The third kappa shape index (κ3) is 5.39. The van der Waals surface area contributed by atoms with Gasteiger partial charge >= 0.3 is 0 Å². The highest BCUT2D eigenvalue weighted by molar-refractivity contribution is 9.10. The molecule has 0 aliphatic rings. The van der Waals surface area contributed by atoms with Crippen molar-refractivity contribution in [3.05, 3.63) is 98.5 Å². The monoisotopic (exact) mass is 455 g/mol. The third-order valence-corrected chi connectivity index (χ3v) is 4.14. The van der Waals surface area contributed by atoms with E-state index in [-0.39, 0.29) is 17.1 Å². The molecule has 146 valence electrons. The van der Waals surface area contributed by atoms with Crippen molar-refractivity contribution in [3.8, 4) is 0 Å². The molecule has 0 aliphatic carbocycles. The van der Waals surface area contributed by atoms with E-state index in [1.54, 1.807) is 42.5 Å². The first-order chi connectivity index (χ1) is 13.9. The van der Waals surface area contributed by atoms with Crippen LogP contribution >= 0.6 is 15.9 Å². The van der Waals surface area contributed by atoms with E-state index in [9.17, 15) is 19.7 Å². The second-order valence-electron chi connectivity index (χ2n) is 5.79. The van der Waals surface area contributed by atoms with Gasteiger partial charge in [0.05, 0.1) is 4.92 Å². The van der Waals surface area contributed by atoms with Gasteiger partial charge in [-0.15, -0.1) is 0 Å². The van der Waals surface area contributed by atoms with E-state index < -0.39 is 16.7 Å². The Kier molecular flexibility index (Phi) is 6.20. The Morgan fingerprint density at radius 2 is 1.79 bits per heavy atom. The Morgan fingerprint density at radius 1 is 1.03 bits per heavy atom. The second-order valence-corrected chi connectivity index (χ2v) is 6.57. The summed E-state index contributed by atoms with van der Waals surface area (Å²) in [7, 11) is 0. The molecule has 0 saturated heterocycles. The normalized spacial score (nSPS) is 11.0. The van der Waals surface area contributed by atoms with Gasteiger partial charge in [0.25, 0.3) is 17.5 Å². The summed E-state index contributed by atoms with van der Waals surface area (Å²) in [5.74, 6) is -1.24. The Morgan fingerprint density at radius 3 is 2.45 bits per heavy atom. The van der Waals surface area contributed by atoms with Crippen LogP contribution in [-0.2, 0) is 4.79 Å². The van der Waals surface area contributed by atoms with Crippen molar-refractivity contribution in [1.82, 2.24) is 5.32 Å². The number of rotatable bonds is 6. The first-order valence-corrected chi connectivity index (χ1v) is 9.11. The van der Waals surface area contributed by atoms with Crippen molar-refractivity contribution in [2.75, 3.05) is 5.32 Å². The Hall–Kier alpha value is -3.72. The molecule has 2 N–H and O–H groups in total. The van der Waals surface area contributed by atoms with Crippen LogP contribution in [0.25, 0.3) is 6.08 Å². The molecule has 0 bridgehead atoms. The molecule has 29 heavy (non-hydrogen) atoms. The Balaban J connectivity index is 1.91. The van der Waals surface area contributed by atoms with Crippen LogP contribution in [0.2, 0.25) is 0 Å². The predicted octanol–water partition coefficient (Wildman–Crippen LogP) is 4.36. The summed E-state index contributed by atoms with van der Waals surface area (Å²) in [6.45, 7) is 0.